The molecule has 1 atom stereocenters. The molecule has 4 aromatic rings. The summed E-state index contributed by atoms with van der Waals surface area (Å²) in [6.45, 7) is 4.07. The van der Waals surface area contributed by atoms with Gasteiger partial charge >= 0.3 is 0 Å². The van der Waals surface area contributed by atoms with Crippen LogP contribution in [-0.4, -0.2) is 38.0 Å². The summed E-state index contributed by atoms with van der Waals surface area (Å²) in [5.41, 5.74) is 12.3. The van der Waals surface area contributed by atoms with E-state index in [-0.39, 0.29) is 5.82 Å². The first-order valence-corrected chi connectivity index (χ1v) is 11.8. The Morgan fingerprint density at radius 3 is 2.82 bits per heavy atom. The van der Waals surface area contributed by atoms with Crippen molar-refractivity contribution < 1.29 is 4.39 Å². The number of fused-ring (bicyclic) bond motifs is 3. The number of pyridine rings is 1. The van der Waals surface area contributed by atoms with Crippen LogP contribution >= 0.6 is 0 Å². The maximum Gasteiger partial charge on any atom is 0.229 e. The monoisotopic (exact) mass is 457 g/mol. The molecule has 34 heavy (non-hydrogen) atoms. The van der Waals surface area contributed by atoms with Gasteiger partial charge in [0.15, 0.2) is 11.5 Å². The highest BCUT2D eigenvalue weighted by molar-refractivity contribution is 5.79. The van der Waals surface area contributed by atoms with E-state index in [9.17, 15) is 4.39 Å². The number of nitrogens with two attached hydrogens (primary N) is 1. The molecule has 0 fully saturated rings. The fourth-order valence-corrected chi connectivity index (χ4v) is 5.17. The van der Waals surface area contributed by atoms with E-state index >= 15 is 0 Å². The lowest BCUT2D eigenvalue weighted by molar-refractivity contribution is 0.313. The van der Waals surface area contributed by atoms with Gasteiger partial charge in [-0.25, -0.2) is 14.4 Å². The molecule has 0 unspecified atom stereocenters. The second-order valence-electron chi connectivity index (χ2n) is 9.56. The largest absolute Gasteiger partial charge is 0.324 e. The summed E-state index contributed by atoms with van der Waals surface area (Å²) in [5, 5.41) is 3.65. The number of aryl methyl sites for hydroxylation is 1. The lowest BCUT2D eigenvalue weighted by atomic mass is 9.94. The van der Waals surface area contributed by atoms with Crippen molar-refractivity contribution in [2.45, 2.75) is 44.7 Å². The molecule has 0 saturated carbocycles. The zero-order chi connectivity index (χ0) is 23.4. The number of halogens is 1. The number of rotatable bonds is 4. The average Bonchev–Trinajstić information content (AvgIpc) is 3.35. The quantitative estimate of drug-likeness (QED) is 0.478. The van der Waals surface area contributed by atoms with E-state index < -0.39 is 5.54 Å². The van der Waals surface area contributed by atoms with Crippen LogP contribution in [0.25, 0.3) is 16.9 Å². The smallest absolute Gasteiger partial charge is 0.229 e. The van der Waals surface area contributed by atoms with Gasteiger partial charge in [-0.3, -0.25) is 4.57 Å². The highest BCUT2D eigenvalue weighted by Gasteiger charge is 2.35. The SMILES string of the molecule is CC[C@]1(N)CCc2ccc(-n3cc(F)c4cnc(Nc5ccc6c(c5)CN(C)CC6)nc43)nc21. The highest BCUT2D eigenvalue weighted by atomic mass is 19.1. The molecule has 1 aliphatic heterocycles. The first kappa shape index (κ1) is 21.2. The molecule has 0 amide bonds. The van der Waals surface area contributed by atoms with E-state index in [2.05, 4.69) is 52.4 Å². The van der Waals surface area contributed by atoms with Crippen molar-refractivity contribution in [3.8, 4) is 5.82 Å². The van der Waals surface area contributed by atoms with E-state index in [1.807, 2.05) is 12.1 Å². The third-order valence-electron chi connectivity index (χ3n) is 7.32. The van der Waals surface area contributed by atoms with E-state index in [0.717, 1.165) is 50.2 Å². The molecule has 0 spiro atoms. The van der Waals surface area contributed by atoms with E-state index in [0.29, 0.717) is 22.8 Å². The number of likely N-dealkylation sites (N-methyl/N-ethyl adjacent to an activating group) is 1. The van der Waals surface area contributed by atoms with E-state index in [1.165, 1.54) is 29.1 Å². The van der Waals surface area contributed by atoms with Gasteiger partial charge in [0.2, 0.25) is 5.95 Å². The zero-order valence-electron chi connectivity index (χ0n) is 19.5. The summed E-state index contributed by atoms with van der Waals surface area (Å²) in [7, 11) is 2.13. The Hall–Kier alpha value is -3.36. The Morgan fingerprint density at radius 1 is 1.12 bits per heavy atom. The fourth-order valence-electron chi connectivity index (χ4n) is 5.17. The van der Waals surface area contributed by atoms with Crippen molar-refractivity contribution in [3.63, 3.8) is 0 Å². The third-order valence-corrected chi connectivity index (χ3v) is 7.32. The zero-order valence-corrected chi connectivity index (χ0v) is 19.5. The molecule has 1 aliphatic carbocycles. The average molecular weight is 458 g/mol. The van der Waals surface area contributed by atoms with Gasteiger partial charge in [-0.1, -0.05) is 19.1 Å². The first-order chi connectivity index (χ1) is 16.4. The fraction of sp³-hybridized carbons (Fsp3) is 0.346. The van der Waals surface area contributed by atoms with Crippen molar-refractivity contribution in [1.29, 1.82) is 0 Å². The second kappa shape index (κ2) is 7.85. The number of nitrogens with zero attached hydrogens (tertiary/aromatic N) is 5. The molecule has 3 aromatic heterocycles. The Balaban J connectivity index is 1.37. The van der Waals surface area contributed by atoms with Gasteiger partial charge in [0.05, 0.1) is 16.6 Å². The Labute approximate surface area is 197 Å². The Bertz CT molecular complexity index is 1410. The van der Waals surface area contributed by atoms with Crippen LogP contribution < -0.4 is 11.1 Å². The summed E-state index contributed by atoms with van der Waals surface area (Å²) in [6.07, 6.45) is 6.60. The van der Waals surface area contributed by atoms with Gasteiger partial charge in [0, 0.05) is 31.2 Å². The van der Waals surface area contributed by atoms with Crippen LogP contribution in [0, 0.1) is 5.82 Å². The number of anilines is 2. The van der Waals surface area contributed by atoms with Gasteiger partial charge in [-0.2, -0.15) is 4.98 Å². The van der Waals surface area contributed by atoms with E-state index in [4.69, 9.17) is 10.7 Å². The molecule has 0 saturated heterocycles. The van der Waals surface area contributed by atoms with Gasteiger partial charge < -0.3 is 16.0 Å². The molecular formula is C26H28FN7. The molecule has 174 valence electrons. The topological polar surface area (TPSA) is 84.9 Å². The summed E-state index contributed by atoms with van der Waals surface area (Å²) >= 11 is 0. The van der Waals surface area contributed by atoms with Crippen LogP contribution in [0.4, 0.5) is 16.0 Å². The predicted octanol–water partition coefficient (Wildman–Crippen LogP) is 4.20. The molecule has 8 heteroatoms. The Kier molecular flexibility index (Phi) is 4.89. The molecule has 6 rings (SSSR count). The highest BCUT2D eigenvalue weighted by Crippen LogP contribution is 2.36. The number of hydrogen-bond acceptors (Lipinski definition) is 6. The van der Waals surface area contributed by atoms with Crippen molar-refractivity contribution in [3.05, 3.63) is 70.9 Å². The molecule has 3 N–H and O–H groups in total. The predicted molar refractivity (Wildman–Crippen MR) is 131 cm³/mol. The van der Waals surface area contributed by atoms with Gasteiger partial charge in [-0.05, 0) is 67.6 Å². The third kappa shape index (κ3) is 3.45. The van der Waals surface area contributed by atoms with Crippen LogP contribution in [0.2, 0.25) is 0 Å². The number of hydrogen-bond donors (Lipinski definition) is 2. The van der Waals surface area contributed by atoms with Crippen molar-refractivity contribution in [1.82, 2.24) is 24.4 Å². The second-order valence-corrected chi connectivity index (χ2v) is 9.56. The van der Waals surface area contributed by atoms with Crippen LogP contribution in [0.15, 0.2) is 42.7 Å². The van der Waals surface area contributed by atoms with Gasteiger partial charge in [0.1, 0.15) is 5.82 Å². The maximum absolute atomic E-state index is 14.8. The molecule has 2 aliphatic rings. The Morgan fingerprint density at radius 2 is 1.97 bits per heavy atom. The molecular weight excluding hydrogens is 429 g/mol. The minimum absolute atomic E-state index is 0.356. The standard InChI is InChI=1S/C26H28FN7/c1-3-26(28)10-8-17-5-7-22(31-23(17)26)34-15-21(27)20-13-29-25(32-24(20)34)30-19-6-4-16-9-11-33(2)14-18(16)12-19/h4-7,12-13,15H,3,8-11,14,28H2,1-2H3,(H,29,30,32)/t26-/m0/s1. The number of benzene rings is 1. The summed E-state index contributed by atoms with van der Waals surface area (Å²) in [4.78, 5) is 16.2. The maximum atomic E-state index is 14.8. The minimum Gasteiger partial charge on any atom is -0.324 e. The molecule has 1 aromatic carbocycles. The molecule has 4 heterocycles. The molecule has 0 radical (unpaired) electrons. The molecule has 7 nitrogen and oxygen atoms in total. The van der Waals surface area contributed by atoms with E-state index in [1.54, 1.807) is 4.57 Å². The lowest BCUT2D eigenvalue weighted by Gasteiger charge is -2.25. The summed E-state index contributed by atoms with van der Waals surface area (Å²) in [6, 6.07) is 10.3. The first-order valence-electron chi connectivity index (χ1n) is 11.8. The van der Waals surface area contributed by atoms with Crippen LogP contribution in [0.1, 0.15) is 42.1 Å². The van der Waals surface area contributed by atoms with Gasteiger partial charge in [-0.15, -0.1) is 0 Å². The van der Waals surface area contributed by atoms with Crippen LogP contribution in [-0.2, 0) is 24.9 Å². The van der Waals surface area contributed by atoms with Crippen LogP contribution in [0.5, 0.6) is 0 Å². The number of nitrogens with one attached hydrogen (secondary N) is 1. The normalized spacial score (nSPS) is 19.9. The van der Waals surface area contributed by atoms with Gasteiger partial charge in [0.25, 0.3) is 0 Å². The summed E-state index contributed by atoms with van der Waals surface area (Å²) in [5.74, 6) is 0.647. The number of aromatic nitrogens is 4. The minimum atomic E-state index is -0.435. The summed E-state index contributed by atoms with van der Waals surface area (Å²) < 4.78 is 16.5. The lowest BCUT2D eigenvalue weighted by Crippen LogP contribution is -2.34. The van der Waals surface area contributed by atoms with Crippen molar-refractivity contribution in [2.24, 2.45) is 5.73 Å². The molecule has 0 bridgehead atoms. The van der Waals surface area contributed by atoms with Crippen LogP contribution in [0.3, 0.4) is 0 Å². The van der Waals surface area contributed by atoms with Crippen molar-refractivity contribution in [2.75, 3.05) is 18.9 Å². The van der Waals surface area contributed by atoms with Crippen molar-refractivity contribution >= 4 is 22.7 Å².